The maximum Gasteiger partial charge on any atom is 0.0927 e. The topological polar surface area (TPSA) is 44.3 Å². The Morgan fingerprint density at radius 3 is 2.64 bits per heavy atom. The summed E-state index contributed by atoms with van der Waals surface area (Å²) in [5, 5.41) is 8.52. The molecule has 0 aliphatic rings. The SMILES string of the molecule is CN(C)C=Nc1ccccc1C=Cc1n[nH]c2ccccc12. The van der Waals surface area contributed by atoms with Gasteiger partial charge in [0.25, 0.3) is 0 Å². The van der Waals surface area contributed by atoms with Crippen molar-refractivity contribution in [2.24, 2.45) is 4.99 Å². The smallest absolute Gasteiger partial charge is 0.0927 e. The summed E-state index contributed by atoms with van der Waals surface area (Å²) in [6.07, 6.45) is 5.87. The summed E-state index contributed by atoms with van der Waals surface area (Å²) in [6.45, 7) is 0. The summed E-state index contributed by atoms with van der Waals surface area (Å²) in [5.74, 6) is 0. The Labute approximate surface area is 129 Å². The second-order valence-corrected chi connectivity index (χ2v) is 5.25. The number of aromatic amines is 1. The van der Waals surface area contributed by atoms with Crippen molar-refractivity contribution in [2.45, 2.75) is 0 Å². The van der Waals surface area contributed by atoms with Crippen LogP contribution in [0.1, 0.15) is 11.3 Å². The van der Waals surface area contributed by atoms with Crippen molar-refractivity contribution in [1.29, 1.82) is 0 Å². The van der Waals surface area contributed by atoms with E-state index in [1.807, 2.05) is 73.6 Å². The van der Waals surface area contributed by atoms with E-state index in [0.717, 1.165) is 27.8 Å². The van der Waals surface area contributed by atoms with E-state index < -0.39 is 0 Å². The third kappa shape index (κ3) is 3.06. The van der Waals surface area contributed by atoms with E-state index in [0.29, 0.717) is 0 Å². The van der Waals surface area contributed by atoms with E-state index in [9.17, 15) is 0 Å². The number of benzene rings is 2. The molecule has 22 heavy (non-hydrogen) atoms. The summed E-state index contributed by atoms with van der Waals surface area (Å²) in [4.78, 5) is 6.41. The highest BCUT2D eigenvalue weighted by Gasteiger charge is 2.01. The van der Waals surface area contributed by atoms with Gasteiger partial charge in [-0.25, -0.2) is 4.99 Å². The number of hydrogen-bond acceptors (Lipinski definition) is 2. The molecule has 0 aliphatic heterocycles. The van der Waals surface area contributed by atoms with Crippen LogP contribution in [-0.4, -0.2) is 35.5 Å². The van der Waals surface area contributed by atoms with Crippen molar-refractivity contribution in [3.63, 3.8) is 0 Å². The second kappa shape index (κ2) is 6.26. The first-order valence-corrected chi connectivity index (χ1v) is 7.15. The molecule has 110 valence electrons. The lowest BCUT2D eigenvalue weighted by Crippen LogP contribution is -2.07. The number of para-hydroxylation sites is 2. The van der Waals surface area contributed by atoms with Crippen LogP contribution in [-0.2, 0) is 0 Å². The molecule has 1 heterocycles. The first-order valence-electron chi connectivity index (χ1n) is 7.15. The highest BCUT2D eigenvalue weighted by Crippen LogP contribution is 2.22. The van der Waals surface area contributed by atoms with Crippen molar-refractivity contribution in [3.8, 4) is 0 Å². The monoisotopic (exact) mass is 290 g/mol. The summed E-state index contributed by atoms with van der Waals surface area (Å²) in [7, 11) is 3.91. The minimum Gasteiger partial charge on any atom is -0.369 e. The van der Waals surface area contributed by atoms with Gasteiger partial charge in [-0.05, 0) is 18.2 Å². The molecule has 3 aromatic rings. The summed E-state index contributed by atoms with van der Waals surface area (Å²) < 4.78 is 0. The Kier molecular flexibility index (Phi) is 4.01. The van der Waals surface area contributed by atoms with Crippen LogP contribution in [0.2, 0.25) is 0 Å². The fraction of sp³-hybridized carbons (Fsp3) is 0.111. The predicted molar refractivity (Wildman–Crippen MR) is 93.3 cm³/mol. The van der Waals surface area contributed by atoms with Crippen molar-refractivity contribution in [3.05, 3.63) is 59.8 Å². The summed E-state index contributed by atoms with van der Waals surface area (Å²) >= 11 is 0. The van der Waals surface area contributed by atoms with Crippen LogP contribution in [0.5, 0.6) is 0 Å². The van der Waals surface area contributed by atoms with Gasteiger partial charge in [-0.1, -0.05) is 42.5 Å². The number of fused-ring (bicyclic) bond motifs is 1. The molecule has 0 atom stereocenters. The van der Waals surface area contributed by atoms with Crippen LogP contribution < -0.4 is 0 Å². The van der Waals surface area contributed by atoms with Crippen LogP contribution in [0.3, 0.4) is 0 Å². The molecular weight excluding hydrogens is 272 g/mol. The number of H-pyrrole nitrogens is 1. The molecule has 0 amide bonds. The lowest BCUT2D eigenvalue weighted by molar-refractivity contribution is 0.643. The third-order valence-electron chi connectivity index (χ3n) is 3.29. The molecule has 2 aromatic carbocycles. The molecule has 4 heteroatoms. The van der Waals surface area contributed by atoms with Gasteiger partial charge in [0.15, 0.2) is 0 Å². The van der Waals surface area contributed by atoms with E-state index in [4.69, 9.17) is 0 Å². The Bertz CT molecular complexity index is 828. The lowest BCUT2D eigenvalue weighted by Gasteiger charge is -2.04. The highest BCUT2D eigenvalue weighted by molar-refractivity contribution is 5.90. The van der Waals surface area contributed by atoms with Crippen LogP contribution in [0.15, 0.2) is 53.5 Å². The van der Waals surface area contributed by atoms with Crippen LogP contribution in [0, 0.1) is 0 Å². The molecule has 0 bridgehead atoms. The van der Waals surface area contributed by atoms with Gasteiger partial charge in [0.05, 0.1) is 23.2 Å². The zero-order chi connectivity index (χ0) is 15.4. The van der Waals surface area contributed by atoms with Gasteiger partial charge < -0.3 is 4.90 Å². The molecule has 0 fully saturated rings. The van der Waals surface area contributed by atoms with Crippen molar-refractivity contribution < 1.29 is 0 Å². The Balaban J connectivity index is 1.93. The average Bonchev–Trinajstić information content (AvgIpc) is 2.95. The molecule has 0 saturated carbocycles. The van der Waals surface area contributed by atoms with Gasteiger partial charge in [-0.15, -0.1) is 0 Å². The van der Waals surface area contributed by atoms with Crippen LogP contribution in [0.4, 0.5) is 5.69 Å². The van der Waals surface area contributed by atoms with Gasteiger partial charge in [0.1, 0.15) is 0 Å². The number of nitrogens with one attached hydrogen (secondary N) is 1. The van der Waals surface area contributed by atoms with Crippen LogP contribution >= 0.6 is 0 Å². The minimum absolute atomic E-state index is 0.932. The van der Waals surface area contributed by atoms with Gasteiger partial charge in [0.2, 0.25) is 0 Å². The fourth-order valence-corrected chi connectivity index (χ4v) is 2.20. The number of hydrogen-bond donors (Lipinski definition) is 1. The van der Waals surface area contributed by atoms with E-state index in [2.05, 4.69) is 21.3 Å². The highest BCUT2D eigenvalue weighted by atomic mass is 15.1. The number of rotatable bonds is 4. The normalized spacial score (nSPS) is 11.7. The Hall–Kier alpha value is -2.88. The molecule has 4 nitrogen and oxygen atoms in total. The van der Waals surface area contributed by atoms with Gasteiger partial charge in [0, 0.05) is 25.0 Å². The average molecular weight is 290 g/mol. The standard InChI is InChI=1S/C18H18N4/c1-22(2)13-19-16-9-5-3-7-14(16)11-12-18-15-8-4-6-10-17(15)20-21-18/h3-13H,1-2H3,(H,20,21). The predicted octanol–water partition coefficient (Wildman–Crippen LogP) is 3.95. The number of aliphatic imine (C=N–C) groups is 1. The first-order chi connectivity index (χ1) is 10.7. The molecule has 1 aromatic heterocycles. The minimum atomic E-state index is 0.932. The van der Waals surface area contributed by atoms with Crippen molar-refractivity contribution in [1.82, 2.24) is 15.1 Å². The summed E-state index contributed by atoms with van der Waals surface area (Å²) in [6, 6.07) is 16.2. The van der Waals surface area contributed by atoms with Gasteiger partial charge in [-0.3, -0.25) is 5.10 Å². The Morgan fingerprint density at radius 2 is 1.77 bits per heavy atom. The maximum absolute atomic E-state index is 4.49. The largest absolute Gasteiger partial charge is 0.369 e. The quantitative estimate of drug-likeness (QED) is 0.584. The molecule has 0 radical (unpaired) electrons. The van der Waals surface area contributed by atoms with E-state index >= 15 is 0 Å². The number of aromatic nitrogens is 2. The van der Waals surface area contributed by atoms with E-state index in [-0.39, 0.29) is 0 Å². The fourth-order valence-electron chi connectivity index (χ4n) is 2.20. The molecule has 3 rings (SSSR count). The van der Waals surface area contributed by atoms with Crippen molar-refractivity contribution >= 4 is 35.1 Å². The molecule has 0 aliphatic carbocycles. The molecule has 0 saturated heterocycles. The molecular formula is C18H18N4. The maximum atomic E-state index is 4.49. The molecule has 0 unspecified atom stereocenters. The zero-order valence-corrected chi connectivity index (χ0v) is 12.7. The molecule has 1 N–H and O–H groups in total. The van der Waals surface area contributed by atoms with Gasteiger partial charge >= 0.3 is 0 Å². The molecule has 0 spiro atoms. The van der Waals surface area contributed by atoms with Crippen LogP contribution in [0.25, 0.3) is 23.1 Å². The summed E-state index contributed by atoms with van der Waals surface area (Å²) in [5.41, 5.74) is 3.98. The van der Waals surface area contributed by atoms with Gasteiger partial charge in [-0.2, -0.15) is 5.10 Å². The first kappa shape index (κ1) is 14.1. The Morgan fingerprint density at radius 1 is 1.00 bits per heavy atom. The van der Waals surface area contributed by atoms with E-state index in [1.165, 1.54) is 0 Å². The second-order valence-electron chi connectivity index (χ2n) is 5.25. The number of nitrogens with zero attached hydrogens (tertiary/aromatic N) is 3. The van der Waals surface area contributed by atoms with Crippen molar-refractivity contribution in [2.75, 3.05) is 14.1 Å². The lowest BCUT2D eigenvalue weighted by atomic mass is 10.1. The third-order valence-corrected chi connectivity index (χ3v) is 3.29. The van der Waals surface area contributed by atoms with E-state index in [1.54, 1.807) is 6.34 Å². The zero-order valence-electron chi connectivity index (χ0n) is 12.7.